The van der Waals surface area contributed by atoms with Gasteiger partial charge in [0.15, 0.2) is 0 Å². The van der Waals surface area contributed by atoms with Gasteiger partial charge in [-0.2, -0.15) is 0 Å². The minimum absolute atomic E-state index is 0.112. The fourth-order valence-corrected chi connectivity index (χ4v) is 0.945. The number of hydrogen-bond acceptors (Lipinski definition) is 4. The molecule has 4 nitrogen and oxygen atoms in total. The van der Waals surface area contributed by atoms with Crippen LogP contribution in [0.3, 0.4) is 0 Å². The van der Waals surface area contributed by atoms with E-state index in [2.05, 4.69) is 12.2 Å². The molecule has 0 atom stereocenters. The van der Waals surface area contributed by atoms with E-state index in [1.165, 1.54) is 0 Å². The molecule has 0 aromatic rings. The van der Waals surface area contributed by atoms with Crippen LogP contribution in [0, 0.1) is 0 Å². The first-order chi connectivity index (χ1) is 6.81. The number of carbonyl (C=O) groups is 1. The van der Waals surface area contributed by atoms with Crippen LogP contribution >= 0.6 is 0 Å². The maximum atomic E-state index is 11.1. The molecule has 3 N–H and O–H groups in total. The van der Waals surface area contributed by atoms with Crippen LogP contribution in [0.25, 0.3) is 0 Å². The van der Waals surface area contributed by atoms with Crippen LogP contribution in [0.2, 0.25) is 0 Å². The molecule has 0 aliphatic rings. The number of rotatable bonds is 9. The third-order valence-corrected chi connectivity index (χ3v) is 1.82. The summed E-state index contributed by atoms with van der Waals surface area (Å²) in [6, 6.07) is 0. The molecule has 0 aliphatic carbocycles. The second-order valence-corrected chi connectivity index (χ2v) is 3.22. The number of esters is 1. The molecule has 0 heterocycles. The average molecular weight is 202 g/mol. The lowest BCUT2D eigenvalue weighted by molar-refractivity contribution is -0.143. The summed E-state index contributed by atoms with van der Waals surface area (Å²) in [4.78, 5) is 11.1. The zero-order valence-corrected chi connectivity index (χ0v) is 9.05. The van der Waals surface area contributed by atoms with Gasteiger partial charge in [0.05, 0.1) is 13.0 Å². The van der Waals surface area contributed by atoms with Crippen molar-refractivity contribution in [2.45, 2.75) is 32.6 Å². The van der Waals surface area contributed by atoms with E-state index >= 15 is 0 Å². The van der Waals surface area contributed by atoms with Crippen LogP contribution in [0.5, 0.6) is 0 Å². The molecule has 0 saturated heterocycles. The van der Waals surface area contributed by atoms with E-state index < -0.39 is 0 Å². The predicted molar refractivity (Wildman–Crippen MR) is 57.0 cm³/mol. The van der Waals surface area contributed by atoms with Crippen molar-refractivity contribution >= 4 is 5.97 Å². The first kappa shape index (κ1) is 13.4. The Bertz CT molecular complexity index is 140. The summed E-state index contributed by atoms with van der Waals surface area (Å²) in [5, 5.41) is 3.13. The summed E-state index contributed by atoms with van der Waals surface area (Å²) in [7, 11) is 0. The smallest absolute Gasteiger partial charge is 0.307 e. The molecule has 14 heavy (non-hydrogen) atoms. The molecular weight excluding hydrogens is 180 g/mol. The molecule has 84 valence electrons. The van der Waals surface area contributed by atoms with Crippen LogP contribution in [-0.4, -0.2) is 32.2 Å². The van der Waals surface area contributed by atoms with Gasteiger partial charge in [0.2, 0.25) is 0 Å². The van der Waals surface area contributed by atoms with E-state index in [1.54, 1.807) is 0 Å². The quantitative estimate of drug-likeness (QED) is 0.426. The summed E-state index contributed by atoms with van der Waals surface area (Å²) in [5.41, 5.74) is 5.32. The topological polar surface area (TPSA) is 64.3 Å². The Balaban J connectivity index is 3.10. The molecular formula is C10H22N2O2. The standard InChI is InChI=1S/C10H22N2O2/c1-2-3-9-14-10(13)5-8-12-7-4-6-11/h12H,2-9,11H2,1H3. The average Bonchev–Trinajstić information content (AvgIpc) is 2.18. The van der Waals surface area contributed by atoms with Crippen molar-refractivity contribution in [2.75, 3.05) is 26.2 Å². The number of unbranched alkanes of at least 4 members (excludes halogenated alkanes) is 1. The van der Waals surface area contributed by atoms with Crippen molar-refractivity contribution in [1.82, 2.24) is 5.32 Å². The summed E-state index contributed by atoms with van der Waals surface area (Å²) in [5.74, 6) is -0.112. The molecule has 0 radical (unpaired) electrons. The van der Waals surface area contributed by atoms with E-state index in [0.717, 1.165) is 25.8 Å². The molecule has 4 heteroatoms. The van der Waals surface area contributed by atoms with Gasteiger partial charge in [-0.15, -0.1) is 0 Å². The SMILES string of the molecule is CCCCOC(=O)CCNCCCN. The number of nitrogens with one attached hydrogen (secondary N) is 1. The van der Waals surface area contributed by atoms with E-state index in [9.17, 15) is 4.79 Å². The molecule has 0 spiro atoms. The molecule has 0 aromatic heterocycles. The summed E-state index contributed by atoms with van der Waals surface area (Å²) in [6.45, 7) is 4.87. The van der Waals surface area contributed by atoms with Crippen LogP contribution in [0.1, 0.15) is 32.6 Å². The number of hydrogen-bond donors (Lipinski definition) is 2. The van der Waals surface area contributed by atoms with Gasteiger partial charge in [0.25, 0.3) is 0 Å². The van der Waals surface area contributed by atoms with Crippen molar-refractivity contribution in [3.63, 3.8) is 0 Å². The Labute approximate surface area is 86.2 Å². The Hall–Kier alpha value is -0.610. The number of nitrogens with two attached hydrogens (primary N) is 1. The Morgan fingerprint density at radius 1 is 1.36 bits per heavy atom. The second kappa shape index (κ2) is 10.5. The summed E-state index contributed by atoms with van der Waals surface area (Å²) >= 11 is 0. The molecule has 0 unspecified atom stereocenters. The molecule has 0 saturated carbocycles. The van der Waals surface area contributed by atoms with Crippen molar-refractivity contribution < 1.29 is 9.53 Å². The third-order valence-electron chi connectivity index (χ3n) is 1.82. The minimum Gasteiger partial charge on any atom is -0.466 e. The highest BCUT2D eigenvalue weighted by Crippen LogP contribution is 1.91. The van der Waals surface area contributed by atoms with Crippen LogP contribution in [0.15, 0.2) is 0 Å². The summed E-state index contributed by atoms with van der Waals surface area (Å²) < 4.78 is 4.99. The zero-order valence-electron chi connectivity index (χ0n) is 9.05. The third kappa shape index (κ3) is 9.48. The minimum atomic E-state index is -0.112. The first-order valence-electron chi connectivity index (χ1n) is 5.37. The van der Waals surface area contributed by atoms with Crippen molar-refractivity contribution in [3.05, 3.63) is 0 Å². The second-order valence-electron chi connectivity index (χ2n) is 3.22. The highest BCUT2D eigenvalue weighted by molar-refractivity contribution is 5.69. The lowest BCUT2D eigenvalue weighted by Gasteiger charge is -2.04. The van der Waals surface area contributed by atoms with Gasteiger partial charge in [0.1, 0.15) is 0 Å². The van der Waals surface area contributed by atoms with E-state index in [-0.39, 0.29) is 5.97 Å². The predicted octanol–water partition coefficient (Wildman–Crippen LogP) is 0.658. The highest BCUT2D eigenvalue weighted by Gasteiger charge is 2.00. The number of ether oxygens (including phenoxy) is 1. The monoisotopic (exact) mass is 202 g/mol. The van der Waals surface area contributed by atoms with Gasteiger partial charge < -0.3 is 15.8 Å². The zero-order chi connectivity index (χ0) is 10.6. The van der Waals surface area contributed by atoms with Crippen molar-refractivity contribution in [2.24, 2.45) is 5.73 Å². The van der Waals surface area contributed by atoms with Crippen LogP contribution < -0.4 is 11.1 Å². The fourth-order valence-electron chi connectivity index (χ4n) is 0.945. The summed E-state index contributed by atoms with van der Waals surface area (Å²) in [6.07, 6.45) is 3.41. The van der Waals surface area contributed by atoms with Crippen molar-refractivity contribution in [3.8, 4) is 0 Å². The molecule has 0 aliphatic heterocycles. The first-order valence-corrected chi connectivity index (χ1v) is 5.37. The lowest BCUT2D eigenvalue weighted by atomic mass is 10.3. The van der Waals surface area contributed by atoms with Gasteiger partial charge in [-0.3, -0.25) is 4.79 Å². The highest BCUT2D eigenvalue weighted by atomic mass is 16.5. The molecule has 0 aromatic carbocycles. The Kier molecular flexibility index (Phi) is 10.0. The number of carbonyl (C=O) groups excluding carboxylic acids is 1. The Morgan fingerprint density at radius 3 is 2.79 bits per heavy atom. The van der Waals surface area contributed by atoms with Gasteiger partial charge in [-0.25, -0.2) is 0 Å². The van der Waals surface area contributed by atoms with Gasteiger partial charge in [0, 0.05) is 6.54 Å². The molecule has 0 bridgehead atoms. The van der Waals surface area contributed by atoms with E-state index in [4.69, 9.17) is 10.5 Å². The van der Waals surface area contributed by atoms with E-state index in [0.29, 0.717) is 26.1 Å². The molecule has 0 fully saturated rings. The molecule has 0 amide bonds. The lowest BCUT2D eigenvalue weighted by Crippen LogP contribution is -2.22. The normalized spacial score (nSPS) is 10.1. The Morgan fingerprint density at radius 2 is 2.14 bits per heavy atom. The maximum absolute atomic E-state index is 11.1. The van der Waals surface area contributed by atoms with Crippen LogP contribution in [0.4, 0.5) is 0 Å². The fraction of sp³-hybridized carbons (Fsp3) is 0.900. The largest absolute Gasteiger partial charge is 0.466 e. The van der Waals surface area contributed by atoms with Crippen LogP contribution in [-0.2, 0) is 9.53 Å². The maximum Gasteiger partial charge on any atom is 0.307 e. The van der Waals surface area contributed by atoms with Gasteiger partial charge >= 0.3 is 5.97 Å². The van der Waals surface area contributed by atoms with E-state index in [1.807, 2.05) is 0 Å². The molecule has 0 rings (SSSR count). The van der Waals surface area contributed by atoms with Gasteiger partial charge in [-0.1, -0.05) is 13.3 Å². The van der Waals surface area contributed by atoms with Crippen molar-refractivity contribution in [1.29, 1.82) is 0 Å². The van der Waals surface area contributed by atoms with Gasteiger partial charge in [-0.05, 0) is 25.9 Å².